The van der Waals surface area contributed by atoms with Gasteiger partial charge in [0.2, 0.25) is 0 Å². The van der Waals surface area contributed by atoms with Crippen LogP contribution in [-0.4, -0.2) is 36.5 Å². The Hall–Kier alpha value is -2.89. The Bertz CT molecular complexity index is 832. The van der Waals surface area contributed by atoms with E-state index in [9.17, 15) is 14.0 Å². The number of hydrogen-bond donors (Lipinski definition) is 2. The molecule has 1 heterocycles. The Morgan fingerprint density at radius 2 is 1.85 bits per heavy atom. The van der Waals surface area contributed by atoms with Crippen LogP contribution in [0.1, 0.15) is 34.3 Å². The standard InChI is InChI=1S/C21H24FN3O2/c1-15-6-4-9-18(19(15)20(26)25-12-2-3-13-25)24-21(27)23-11-10-16-7-5-8-17(22)14-16/h4-9,14H,2-3,10-13H2,1H3,(H2,23,24,27). The van der Waals surface area contributed by atoms with Crippen molar-refractivity contribution in [1.82, 2.24) is 10.2 Å². The van der Waals surface area contributed by atoms with Crippen molar-refractivity contribution in [2.75, 3.05) is 25.0 Å². The first-order chi connectivity index (χ1) is 13.0. The number of halogens is 1. The minimum absolute atomic E-state index is 0.0411. The predicted molar refractivity (Wildman–Crippen MR) is 103 cm³/mol. The highest BCUT2D eigenvalue weighted by atomic mass is 19.1. The smallest absolute Gasteiger partial charge is 0.319 e. The van der Waals surface area contributed by atoms with Crippen molar-refractivity contribution in [2.24, 2.45) is 0 Å². The summed E-state index contributed by atoms with van der Waals surface area (Å²) in [5, 5.41) is 5.54. The first kappa shape index (κ1) is 18.9. The first-order valence-electron chi connectivity index (χ1n) is 9.23. The van der Waals surface area contributed by atoms with Crippen molar-refractivity contribution in [2.45, 2.75) is 26.2 Å². The second-order valence-electron chi connectivity index (χ2n) is 6.76. The van der Waals surface area contributed by atoms with Gasteiger partial charge in [0.05, 0.1) is 11.3 Å². The van der Waals surface area contributed by atoms with Gasteiger partial charge in [-0.3, -0.25) is 4.79 Å². The van der Waals surface area contributed by atoms with Crippen LogP contribution in [0.25, 0.3) is 0 Å². The molecular formula is C21H24FN3O2. The molecule has 6 heteroatoms. The van der Waals surface area contributed by atoms with Gasteiger partial charge in [-0.2, -0.15) is 0 Å². The molecule has 0 aromatic heterocycles. The van der Waals surface area contributed by atoms with Crippen molar-refractivity contribution >= 4 is 17.6 Å². The number of nitrogens with zero attached hydrogens (tertiary/aromatic N) is 1. The number of aryl methyl sites for hydroxylation is 1. The summed E-state index contributed by atoms with van der Waals surface area (Å²) in [6, 6.07) is 11.3. The number of carbonyl (C=O) groups is 2. The van der Waals surface area contributed by atoms with Gasteiger partial charge in [-0.15, -0.1) is 0 Å². The van der Waals surface area contributed by atoms with Crippen molar-refractivity contribution < 1.29 is 14.0 Å². The average molecular weight is 369 g/mol. The zero-order chi connectivity index (χ0) is 19.2. The normalized spacial score (nSPS) is 13.5. The lowest BCUT2D eigenvalue weighted by molar-refractivity contribution is 0.0793. The Kier molecular flexibility index (Phi) is 6.06. The van der Waals surface area contributed by atoms with Crippen LogP contribution in [0.15, 0.2) is 42.5 Å². The molecule has 142 valence electrons. The molecule has 1 saturated heterocycles. The minimum atomic E-state index is -0.382. The van der Waals surface area contributed by atoms with Gasteiger partial charge in [0.1, 0.15) is 5.82 Å². The van der Waals surface area contributed by atoms with Crippen LogP contribution in [0.4, 0.5) is 14.9 Å². The van der Waals surface area contributed by atoms with Crippen LogP contribution in [-0.2, 0) is 6.42 Å². The maximum absolute atomic E-state index is 13.2. The summed E-state index contributed by atoms with van der Waals surface area (Å²) in [6.07, 6.45) is 2.56. The molecule has 0 radical (unpaired) electrons. The van der Waals surface area contributed by atoms with Gasteiger partial charge < -0.3 is 15.5 Å². The zero-order valence-corrected chi connectivity index (χ0v) is 15.4. The van der Waals surface area contributed by atoms with Gasteiger partial charge in [0.15, 0.2) is 0 Å². The van der Waals surface area contributed by atoms with Gasteiger partial charge >= 0.3 is 6.03 Å². The third-order valence-electron chi connectivity index (χ3n) is 4.72. The van der Waals surface area contributed by atoms with Gasteiger partial charge in [0, 0.05) is 19.6 Å². The molecule has 0 aliphatic carbocycles. The van der Waals surface area contributed by atoms with Crippen LogP contribution < -0.4 is 10.6 Å². The first-order valence-corrected chi connectivity index (χ1v) is 9.23. The predicted octanol–water partition coefficient (Wildman–Crippen LogP) is 3.73. The summed E-state index contributed by atoms with van der Waals surface area (Å²) in [5.74, 6) is -0.331. The molecule has 0 atom stereocenters. The Morgan fingerprint density at radius 3 is 2.59 bits per heavy atom. The van der Waals surface area contributed by atoms with E-state index in [4.69, 9.17) is 0 Å². The van der Waals surface area contributed by atoms with Crippen molar-refractivity contribution in [1.29, 1.82) is 0 Å². The van der Waals surface area contributed by atoms with Crippen LogP contribution in [0.3, 0.4) is 0 Å². The maximum Gasteiger partial charge on any atom is 0.319 e. The molecule has 3 amide bonds. The van der Waals surface area contributed by atoms with Gasteiger partial charge in [0.25, 0.3) is 5.91 Å². The largest absolute Gasteiger partial charge is 0.339 e. The van der Waals surface area contributed by atoms with E-state index >= 15 is 0 Å². The molecule has 1 aliphatic heterocycles. The van der Waals surface area contributed by atoms with E-state index in [1.165, 1.54) is 12.1 Å². The number of carbonyl (C=O) groups excluding carboxylic acids is 2. The quantitative estimate of drug-likeness (QED) is 0.844. The molecule has 27 heavy (non-hydrogen) atoms. The number of nitrogens with one attached hydrogen (secondary N) is 2. The monoisotopic (exact) mass is 369 g/mol. The molecule has 2 aromatic carbocycles. The molecular weight excluding hydrogens is 345 g/mol. The maximum atomic E-state index is 13.2. The highest BCUT2D eigenvalue weighted by Gasteiger charge is 2.24. The fourth-order valence-electron chi connectivity index (χ4n) is 3.31. The molecule has 0 unspecified atom stereocenters. The number of hydrogen-bond acceptors (Lipinski definition) is 2. The van der Waals surface area contributed by atoms with E-state index in [1.807, 2.05) is 30.0 Å². The van der Waals surface area contributed by atoms with Gasteiger partial charge in [-0.25, -0.2) is 9.18 Å². The van der Waals surface area contributed by atoms with E-state index in [2.05, 4.69) is 10.6 Å². The average Bonchev–Trinajstić information content (AvgIpc) is 3.16. The van der Waals surface area contributed by atoms with E-state index in [-0.39, 0.29) is 17.8 Å². The highest BCUT2D eigenvalue weighted by Crippen LogP contribution is 2.23. The molecule has 0 bridgehead atoms. The fraction of sp³-hybridized carbons (Fsp3) is 0.333. The van der Waals surface area contributed by atoms with Gasteiger partial charge in [-0.05, 0) is 55.5 Å². The van der Waals surface area contributed by atoms with Crippen LogP contribution in [0.5, 0.6) is 0 Å². The molecule has 3 rings (SSSR count). The van der Waals surface area contributed by atoms with E-state index < -0.39 is 0 Å². The summed E-state index contributed by atoms with van der Waals surface area (Å²) in [7, 11) is 0. The van der Waals surface area contributed by atoms with Crippen molar-refractivity contribution in [3.63, 3.8) is 0 Å². The summed E-state index contributed by atoms with van der Waals surface area (Å²) in [4.78, 5) is 26.9. The number of likely N-dealkylation sites (tertiary alicyclic amines) is 1. The van der Waals surface area contributed by atoms with E-state index in [1.54, 1.807) is 12.1 Å². The van der Waals surface area contributed by atoms with E-state index in [0.29, 0.717) is 24.2 Å². The van der Waals surface area contributed by atoms with E-state index in [0.717, 1.165) is 37.1 Å². The van der Waals surface area contributed by atoms with Gasteiger partial charge in [-0.1, -0.05) is 24.3 Å². The van der Waals surface area contributed by atoms with Crippen LogP contribution >= 0.6 is 0 Å². The third kappa shape index (κ3) is 4.84. The lowest BCUT2D eigenvalue weighted by atomic mass is 10.1. The zero-order valence-electron chi connectivity index (χ0n) is 15.4. The lowest BCUT2D eigenvalue weighted by Crippen LogP contribution is -2.33. The van der Waals surface area contributed by atoms with Crippen molar-refractivity contribution in [3.8, 4) is 0 Å². The molecule has 2 aromatic rings. The lowest BCUT2D eigenvalue weighted by Gasteiger charge is -2.20. The number of amides is 3. The molecule has 2 N–H and O–H groups in total. The topological polar surface area (TPSA) is 61.4 Å². The number of urea groups is 1. The number of anilines is 1. The fourth-order valence-corrected chi connectivity index (χ4v) is 3.31. The third-order valence-corrected chi connectivity index (χ3v) is 4.72. The van der Waals surface area contributed by atoms with Crippen LogP contribution in [0, 0.1) is 12.7 Å². The summed E-state index contributed by atoms with van der Waals surface area (Å²) < 4.78 is 13.2. The molecule has 5 nitrogen and oxygen atoms in total. The molecule has 1 aliphatic rings. The number of benzene rings is 2. The molecule has 0 saturated carbocycles. The second kappa shape index (κ2) is 8.66. The number of rotatable bonds is 5. The van der Waals surface area contributed by atoms with Crippen LogP contribution in [0.2, 0.25) is 0 Å². The minimum Gasteiger partial charge on any atom is -0.339 e. The SMILES string of the molecule is Cc1cccc(NC(=O)NCCc2cccc(F)c2)c1C(=O)N1CCCC1. The molecule has 0 spiro atoms. The summed E-state index contributed by atoms with van der Waals surface area (Å²) in [6.45, 7) is 3.76. The Labute approximate surface area is 158 Å². The summed E-state index contributed by atoms with van der Waals surface area (Å²) >= 11 is 0. The Balaban J connectivity index is 1.62. The summed E-state index contributed by atoms with van der Waals surface area (Å²) in [5.41, 5.74) is 2.70. The Morgan fingerprint density at radius 1 is 1.11 bits per heavy atom. The highest BCUT2D eigenvalue weighted by molar-refractivity contribution is 6.04. The second-order valence-corrected chi connectivity index (χ2v) is 6.76. The van der Waals surface area contributed by atoms with Crippen molar-refractivity contribution in [3.05, 3.63) is 65.0 Å². The molecule has 1 fully saturated rings.